The topological polar surface area (TPSA) is 20.2 Å². The monoisotopic (exact) mass is 234 g/mol. The van der Waals surface area contributed by atoms with Gasteiger partial charge in [0.15, 0.2) is 11.6 Å². The normalized spacial score (nSPS) is 10.6. The first-order chi connectivity index (χ1) is 8.00. The maximum Gasteiger partial charge on any atom is 0.166 e. The second kappa shape index (κ2) is 4.17. The Bertz CT molecular complexity index is 553. The molecular formula is C14H12F2O. The second-order valence-electron chi connectivity index (χ2n) is 4.04. The summed E-state index contributed by atoms with van der Waals surface area (Å²) < 4.78 is 26.7. The van der Waals surface area contributed by atoms with E-state index in [1.807, 2.05) is 6.92 Å². The summed E-state index contributed by atoms with van der Waals surface area (Å²) in [6.45, 7) is 3.59. The lowest BCUT2D eigenvalue weighted by atomic mass is 9.99. The maximum absolute atomic E-state index is 13.6. The molecule has 0 fully saturated rings. The first kappa shape index (κ1) is 11.6. The van der Waals surface area contributed by atoms with E-state index in [1.54, 1.807) is 13.0 Å². The molecule has 0 atom stereocenters. The molecule has 1 nitrogen and oxygen atoms in total. The van der Waals surface area contributed by atoms with Gasteiger partial charge in [0, 0.05) is 5.56 Å². The predicted molar refractivity (Wildman–Crippen MR) is 62.9 cm³/mol. The molecular weight excluding hydrogens is 222 g/mol. The van der Waals surface area contributed by atoms with Crippen molar-refractivity contribution in [3.63, 3.8) is 0 Å². The van der Waals surface area contributed by atoms with Crippen molar-refractivity contribution in [2.24, 2.45) is 0 Å². The molecule has 0 saturated carbocycles. The molecule has 0 bridgehead atoms. The van der Waals surface area contributed by atoms with Crippen LogP contribution in [0.3, 0.4) is 0 Å². The van der Waals surface area contributed by atoms with Crippen molar-refractivity contribution in [2.45, 2.75) is 13.8 Å². The van der Waals surface area contributed by atoms with E-state index in [1.165, 1.54) is 18.2 Å². The van der Waals surface area contributed by atoms with Crippen LogP contribution < -0.4 is 0 Å². The van der Waals surface area contributed by atoms with Gasteiger partial charge in [-0.3, -0.25) is 0 Å². The van der Waals surface area contributed by atoms with E-state index in [9.17, 15) is 13.9 Å². The zero-order chi connectivity index (χ0) is 12.6. The van der Waals surface area contributed by atoms with Crippen LogP contribution in [0.1, 0.15) is 11.1 Å². The number of benzene rings is 2. The van der Waals surface area contributed by atoms with E-state index in [0.29, 0.717) is 5.56 Å². The average molecular weight is 234 g/mol. The van der Waals surface area contributed by atoms with E-state index >= 15 is 0 Å². The minimum Gasteiger partial charge on any atom is -0.508 e. The van der Waals surface area contributed by atoms with Crippen LogP contribution in [0.15, 0.2) is 30.3 Å². The number of aryl methyl sites for hydroxylation is 1. The molecule has 2 aromatic rings. The van der Waals surface area contributed by atoms with Gasteiger partial charge in [0.25, 0.3) is 0 Å². The first-order valence-corrected chi connectivity index (χ1v) is 5.25. The molecule has 0 radical (unpaired) electrons. The Labute approximate surface area is 98.3 Å². The third-order valence-corrected chi connectivity index (χ3v) is 2.90. The average Bonchev–Trinajstić information content (AvgIpc) is 2.29. The summed E-state index contributed by atoms with van der Waals surface area (Å²) in [6.07, 6.45) is 0. The van der Waals surface area contributed by atoms with Gasteiger partial charge in [-0.15, -0.1) is 0 Å². The molecule has 88 valence electrons. The van der Waals surface area contributed by atoms with Gasteiger partial charge in [-0.2, -0.15) is 0 Å². The molecule has 0 heterocycles. The molecule has 0 aliphatic carbocycles. The molecule has 0 aromatic heterocycles. The number of hydrogen-bond donors (Lipinski definition) is 1. The fourth-order valence-corrected chi connectivity index (χ4v) is 1.72. The van der Waals surface area contributed by atoms with Gasteiger partial charge in [0.2, 0.25) is 0 Å². The van der Waals surface area contributed by atoms with E-state index in [2.05, 4.69) is 0 Å². The van der Waals surface area contributed by atoms with Crippen LogP contribution in [-0.4, -0.2) is 5.11 Å². The number of rotatable bonds is 1. The number of hydrogen-bond acceptors (Lipinski definition) is 1. The summed E-state index contributed by atoms with van der Waals surface area (Å²) >= 11 is 0. The van der Waals surface area contributed by atoms with E-state index in [-0.39, 0.29) is 11.3 Å². The number of halogens is 2. The van der Waals surface area contributed by atoms with Gasteiger partial charge in [-0.05, 0) is 42.7 Å². The SMILES string of the molecule is Cc1cc(-c2cccc(F)c2F)cc(O)c1C. The molecule has 0 aliphatic rings. The van der Waals surface area contributed by atoms with Gasteiger partial charge in [0.05, 0.1) is 0 Å². The van der Waals surface area contributed by atoms with Crippen LogP contribution in [0.5, 0.6) is 5.75 Å². The van der Waals surface area contributed by atoms with Crippen LogP contribution in [0.25, 0.3) is 11.1 Å². The number of aromatic hydroxyl groups is 1. The van der Waals surface area contributed by atoms with Crippen LogP contribution in [0.4, 0.5) is 8.78 Å². The Kier molecular flexibility index (Phi) is 2.84. The summed E-state index contributed by atoms with van der Waals surface area (Å²) in [5.41, 5.74) is 2.21. The van der Waals surface area contributed by atoms with Crippen LogP contribution in [0.2, 0.25) is 0 Å². The van der Waals surface area contributed by atoms with Crippen molar-refractivity contribution in [3.05, 3.63) is 53.1 Å². The molecule has 0 spiro atoms. The minimum absolute atomic E-state index is 0.0867. The van der Waals surface area contributed by atoms with E-state index in [0.717, 1.165) is 17.2 Å². The summed E-state index contributed by atoms with van der Waals surface area (Å²) in [4.78, 5) is 0. The fourth-order valence-electron chi connectivity index (χ4n) is 1.72. The second-order valence-corrected chi connectivity index (χ2v) is 4.04. The Morgan fingerprint density at radius 1 is 1.06 bits per heavy atom. The van der Waals surface area contributed by atoms with Gasteiger partial charge in [-0.1, -0.05) is 18.2 Å². The van der Waals surface area contributed by atoms with Crippen molar-refractivity contribution in [3.8, 4) is 16.9 Å². The molecule has 0 aliphatic heterocycles. The molecule has 3 heteroatoms. The lowest BCUT2D eigenvalue weighted by molar-refractivity contribution is 0.470. The van der Waals surface area contributed by atoms with Crippen molar-refractivity contribution >= 4 is 0 Å². The predicted octanol–water partition coefficient (Wildman–Crippen LogP) is 3.95. The van der Waals surface area contributed by atoms with Crippen molar-refractivity contribution in [1.82, 2.24) is 0 Å². The zero-order valence-electron chi connectivity index (χ0n) is 9.59. The Balaban J connectivity index is 2.65. The standard InChI is InChI=1S/C14H12F2O/c1-8-6-10(7-13(17)9(8)2)11-4-3-5-12(15)14(11)16/h3-7,17H,1-2H3. The highest BCUT2D eigenvalue weighted by atomic mass is 19.2. The first-order valence-electron chi connectivity index (χ1n) is 5.25. The van der Waals surface area contributed by atoms with Gasteiger partial charge in [-0.25, -0.2) is 8.78 Å². The highest BCUT2D eigenvalue weighted by Crippen LogP contribution is 2.31. The number of phenols is 1. The van der Waals surface area contributed by atoms with Crippen LogP contribution in [-0.2, 0) is 0 Å². The molecule has 0 unspecified atom stereocenters. The Morgan fingerprint density at radius 2 is 1.76 bits per heavy atom. The molecule has 2 rings (SSSR count). The van der Waals surface area contributed by atoms with E-state index < -0.39 is 11.6 Å². The van der Waals surface area contributed by atoms with Crippen molar-refractivity contribution in [2.75, 3.05) is 0 Å². The Hall–Kier alpha value is -1.90. The lowest BCUT2D eigenvalue weighted by Crippen LogP contribution is -1.91. The summed E-state index contributed by atoms with van der Waals surface area (Å²) in [6, 6.07) is 7.18. The molecule has 2 aromatic carbocycles. The largest absolute Gasteiger partial charge is 0.508 e. The van der Waals surface area contributed by atoms with Gasteiger partial charge >= 0.3 is 0 Å². The van der Waals surface area contributed by atoms with Gasteiger partial charge < -0.3 is 5.11 Å². The smallest absolute Gasteiger partial charge is 0.166 e. The quantitative estimate of drug-likeness (QED) is 0.792. The highest BCUT2D eigenvalue weighted by molar-refractivity contribution is 5.68. The molecule has 0 saturated heterocycles. The Morgan fingerprint density at radius 3 is 2.41 bits per heavy atom. The maximum atomic E-state index is 13.6. The van der Waals surface area contributed by atoms with Crippen LogP contribution >= 0.6 is 0 Å². The third-order valence-electron chi connectivity index (χ3n) is 2.90. The molecule has 1 N–H and O–H groups in total. The van der Waals surface area contributed by atoms with Crippen LogP contribution in [0, 0.1) is 25.5 Å². The zero-order valence-corrected chi connectivity index (χ0v) is 9.59. The van der Waals surface area contributed by atoms with E-state index in [4.69, 9.17) is 0 Å². The summed E-state index contributed by atoms with van der Waals surface area (Å²) in [5.74, 6) is -1.70. The minimum atomic E-state index is -0.893. The van der Waals surface area contributed by atoms with Gasteiger partial charge in [0.1, 0.15) is 5.75 Å². The summed E-state index contributed by atoms with van der Waals surface area (Å²) in [5, 5.41) is 9.69. The highest BCUT2D eigenvalue weighted by Gasteiger charge is 2.11. The molecule has 17 heavy (non-hydrogen) atoms. The van der Waals surface area contributed by atoms with Crippen molar-refractivity contribution < 1.29 is 13.9 Å². The number of phenolic OH excluding ortho intramolecular Hbond substituents is 1. The van der Waals surface area contributed by atoms with Crippen molar-refractivity contribution in [1.29, 1.82) is 0 Å². The lowest BCUT2D eigenvalue weighted by Gasteiger charge is -2.09. The molecule has 0 amide bonds. The third kappa shape index (κ3) is 2.00. The summed E-state index contributed by atoms with van der Waals surface area (Å²) in [7, 11) is 0. The fraction of sp³-hybridized carbons (Fsp3) is 0.143.